The zero-order valence-corrected chi connectivity index (χ0v) is 18.7. The molecule has 1 aliphatic rings. The van der Waals surface area contributed by atoms with Gasteiger partial charge in [-0.1, -0.05) is 24.3 Å². The van der Waals surface area contributed by atoms with Gasteiger partial charge in [-0.25, -0.2) is 9.37 Å². The molecule has 1 aliphatic heterocycles. The number of hydrogen-bond donors (Lipinski definition) is 1. The molecule has 3 heterocycles. The van der Waals surface area contributed by atoms with Gasteiger partial charge in [0.05, 0.1) is 23.1 Å². The number of carbonyl (C=O) groups excluding carboxylic acids is 1. The van der Waals surface area contributed by atoms with Crippen LogP contribution in [0.15, 0.2) is 59.1 Å². The van der Waals surface area contributed by atoms with Crippen molar-refractivity contribution in [1.82, 2.24) is 30.4 Å². The number of amides is 1. The van der Waals surface area contributed by atoms with E-state index in [9.17, 15) is 9.18 Å². The average Bonchev–Trinajstić information content (AvgIpc) is 3.19. The van der Waals surface area contributed by atoms with Gasteiger partial charge in [0.15, 0.2) is 0 Å². The SMILES string of the molecule is Cc1ncc(-c2ccc(C(=O)N3CCCNCC3)c(F)c2)nc1-c1nnc(-c2ccccc2)o1. The number of hydrogen-bond acceptors (Lipinski definition) is 7. The minimum atomic E-state index is -0.590. The van der Waals surface area contributed by atoms with Crippen LogP contribution >= 0.6 is 0 Å². The second-order valence-corrected chi connectivity index (χ2v) is 8.06. The number of aromatic nitrogens is 4. The summed E-state index contributed by atoms with van der Waals surface area (Å²) < 4.78 is 20.8. The first-order chi connectivity index (χ1) is 16.6. The van der Waals surface area contributed by atoms with Gasteiger partial charge in [0.1, 0.15) is 11.5 Å². The maximum absolute atomic E-state index is 15.0. The van der Waals surface area contributed by atoms with Crippen molar-refractivity contribution in [3.05, 3.63) is 71.8 Å². The fraction of sp³-hybridized carbons (Fsp3) is 0.240. The van der Waals surface area contributed by atoms with Gasteiger partial charge >= 0.3 is 0 Å². The Kier molecular flexibility index (Phi) is 6.09. The molecule has 2 aromatic heterocycles. The van der Waals surface area contributed by atoms with Crippen LogP contribution < -0.4 is 5.32 Å². The van der Waals surface area contributed by atoms with Crippen molar-refractivity contribution in [2.24, 2.45) is 0 Å². The van der Waals surface area contributed by atoms with Gasteiger partial charge < -0.3 is 14.6 Å². The summed E-state index contributed by atoms with van der Waals surface area (Å²) in [5.41, 5.74) is 2.82. The summed E-state index contributed by atoms with van der Waals surface area (Å²) >= 11 is 0. The summed E-state index contributed by atoms with van der Waals surface area (Å²) in [4.78, 5) is 23.5. The van der Waals surface area contributed by atoms with E-state index >= 15 is 0 Å². The first-order valence-corrected chi connectivity index (χ1v) is 11.1. The normalized spacial score (nSPS) is 14.1. The molecule has 4 aromatic rings. The van der Waals surface area contributed by atoms with E-state index in [-0.39, 0.29) is 17.4 Å². The molecule has 9 heteroatoms. The van der Waals surface area contributed by atoms with Gasteiger partial charge in [-0.05, 0) is 44.2 Å². The Labute approximate surface area is 195 Å². The number of carbonyl (C=O) groups is 1. The summed E-state index contributed by atoms with van der Waals surface area (Å²) in [5.74, 6) is -0.289. The highest BCUT2D eigenvalue weighted by atomic mass is 19.1. The van der Waals surface area contributed by atoms with Crippen LogP contribution in [0.25, 0.3) is 34.3 Å². The Balaban J connectivity index is 1.43. The highest BCUT2D eigenvalue weighted by Gasteiger charge is 2.21. The minimum Gasteiger partial charge on any atom is -0.415 e. The molecule has 1 N–H and O–H groups in total. The van der Waals surface area contributed by atoms with Crippen molar-refractivity contribution in [2.75, 3.05) is 26.2 Å². The smallest absolute Gasteiger partial charge is 0.268 e. The van der Waals surface area contributed by atoms with Crippen LogP contribution in [0.3, 0.4) is 0 Å². The Bertz CT molecular complexity index is 1320. The third-order valence-electron chi connectivity index (χ3n) is 5.73. The van der Waals surface area contributed by atoms with E-state index in [0.717, 1.165) is 18.5 Å². The van der Waals surface area contributed by atoms with E-state index in [4.69, 9.17) is 4.42 Å². The number of nitrogens with one attached hydrogen (secondary N) is 1. The van der Waals surface area contributed by atoms with E-state index in [0.29, 0.717) is 48.2 Å². The largest absolute Gasteiger partial charge is 0.415 e. The van der Waals surface area contributed by atoms with E-state index in [1.54, 1.807) is 24.1 Å². The van der Waals surface area contributed by atoms with Crippen LogP contribution in [-0.4, -0.2) is 57.2 Å². The lowest BCUT2D eigenvalue weighted by Crippen LogP contribution is -2.34. The van der Waals surface area contributed by atoms with E-state index in [1.165, 1.54) is 12.1 Å². The maximum atomic E-state index is 15.0. The summed E-state index contributed by atoms with van der Waals surface area (Å²) in [5, 5.41) is 11.5. The number of nitrogens with zero attached hydrogens (tertiary/aromatic N) is 5. The lowest BCUT2D eigenvalue weighted by atomic mass is 10.1. The molecule has 5 rings (SSSR count). The Morgan fingerprint density at radius 2 is 1.85 bits per heavy atom. The molecule has 0 spiro atoms. The average molecular weight is 458 g/mol. The minimum absolute atomic E-state index is 0.0512. The van der Waals surface area contributed by atoms with Crippen molar-refractivity contribution in [3.8, 4) is 34.3 Å². The summed E-state index contributed by atoms with van der Waals surface area (Å²) in [6, 6.07) is 13.9. The van der Waals surface area contributed by atoms with Gasteiger partial charge in [0, 0.05) is 30.8 Å². The third kappa shape index (κ3) is 4.42. The fourth-order valence-corrected chi connectivity index (χ4v) is 3.87. The molecule has 1 amide bonds. The first kappa shape index (κ1) is 21.8. The van der Waals surface area contributed by atoms with Crippen LogP contribution in [0, 0.1) is 12.7 Å². The Hall–Kier alpha value is -3.98. The predicted molar refractivity (Wildman–Crippen MR) is 124 cm³/mol. The van der Waals surface area contributed by atoms with Gasteiger partial charge in [-0.2, -0.15) is 0 Å². The molecular weight excluding hydrogens is 435 g/mol. The van der Waals surface area contributed by atoms with Gasteiger partial charge in [-0.3, -0.25) is 9.78 Å². The van der Waals surface area contributed by atoms with Crippen LogP contribution in [0.4, 0.5) is 4.39 Å². The number of aryl methyl sites for hydroxylation is 1. The molecule has 0 radical (unpaired) electrons. The van der Waals surface area contributed by atoms with Crippen LogP contribution in [-0.2, 0) is 0 Å². The quantitative estimate of drug-likeness (QED) is 0.498. The van der Waals surface area contributed by atoms with Crippen LogP contribution in [0.1, 0.15) is 22.5 Å². The fourth-order valence-electron chi connectivity index (χ4n) is 3.87. The zero-order valence-electron chi connectivity index (χ0n) is 18.7. The van der Waals surface area contributed by atoms with E-state index in [2.05, 4.69) is 25.5 Å². The summed E-state index contributed by atoms with van der Waals surface area (Å²) in [6.45, 7) is 4.51. The first-order valence-electron chi connectivity index (χ1n) is 11.1. The molecule has 0 unspecified atom stereocenters. The number of halogens is 1. The second-order valence-electron chi connectivity index (χ2n) is 8.06. The zero-order chi connectivity index (χ0) is 23.5. The summed E-state index contributed by atoms with van der Waals surface area (Å²) in [6.07, 6.45) is 2.40. The molecule has 1 saturated heterocycles. The molecular formula is C25H23FN6O2. The van der Waals surface area contributed by atoms with Gasteiger partial charge in [-0.15, -0.1) is 10.2 Å². The lowest BCUT2D eigenvalue weighted by Gasteiger charge is -2.20. The monoisotopic (exact) mass is 458 g/mol. The van der Waals surface area contributed by atoms with Crippen molar-refractivity contribution in [2.45, 2.75) is 13.3 Å². The lowest BCUT2D eigenvalue weighted by molar-refractivity contribution is 0.0761. The Morgan fingerprint density at radius 3 is 2.68 bits per heavy atom. The van der Waals surface area contributed by atoms with Crippen molar-refractivity contribution in [3.63, 3.8) is 0 Å². The van der Waals surface area contributed by atoms with Crippen molar-refractivity contribution >= 4 is 5.91 Å². The third-order valence-corrected chi connectivity index (χ3v) is 5.73. The van der Waals surface area contributed by atoms with Crippen molar-refractivity contribution in [1.29, 1.82) is 0 Å². The highest BCUT2D eigenvalue weighted by molar-refractivity contribution is 5.95. The second kappa shape index (κ2) is 9.48. The molecule has 34 heavy (non-hydrogen) atoms. The molecule has 1 fully saturated rings. The standard InChI is InChI=1S/C25H23FN6O2/c1-16-22(24-31-30-23(34-24)17-6-3-2-4-7-17)29-21(15-28-16)18-8-9-19(20(26)14-18)25(33)32-12-5-10-27-11-13-32/h2-4,6-9,14-15,27H,5,10-13H2,1H3. The number of rotatable bonds is 4. The molecule has 0 atom stereocenters. The van der Waals surface area contributed by atoms with Crippen molar-refractivity contribution < 1.29 is 13.6 Å². The van der Waals surface area contributed by atoms with Gasteiger partial charge in [0.25, 0.3) is 11.8 Å². The van der Waals surface area contributed by atoms with Crippen LogP contribution in [0.2, 0.25) is 0 Å². The molecule has 8 nitrogen and oxygen atoms in total. The molecule has 0 aliphatic carbocycles. The predicted octanol–water partition coefficient (Wildman–Crippen LogP) is 3.74. The Morgan fingerprint density at radius 1 is 1.03 bits per heavy atom. The van der Waals surface area contributed by atoms with E-state index < -0.39 is 5.82 Å². The van der Waals surface area contributed by atoms with E-state index in [1.807, 2.05) is 30.3 Å². The molecule has 2 aromatic carbocycles. The topological polar surface area (TPSA) is 97.0 Å². The highest BCUT2D eigenvalue weighted by Crippen LogP contribution is 2.27. The molecule has 0 bridgehead atoms. The molecule has 172 valence electrons. The molecule has 0 saturated carbocycles. The van der Waals surface area contributed by atoms with Gasteiger partial charge in [0.2, 0.25) is 5.89 Å². The summed E-state index contributed by atoms with van der Waals surface area (Å²) in [7, 11) is 0. The maximum Gasteiger partial charge on any atom is 0.268 e. The van der Waals surface area contributed by atoms with Crippen LogP contribution in [0.5, 0.6) is 0 Å². The number of benzene rings is 2.